The highest BCUT2D eigenvalue weighted by molar-refractivity contribution is 5.75. The molecule has 82 valence electrons. The average Bonchev–Trinajstić information content (AvgIpc) is 2.83. The Morgan fingerprint density at radius 2 is 2.40 bits per heavy atom. The zero-order chi connectivity index (χ0) is 11.1. The van der Waals surface area contributed by atoms with Gasteiger partial charge in [0, 0.05) is 12.8 Å². The summed E-state index contributed by atoms with van der Waals surface area (Å²) in [6, 6.07) is 1.89. The van der Waals surface area contributed by atoms with Crippen molar-refractivity contribution in [3.05, 3.63) is 17.5 Å². The zero-order valence-corrected chi connectivity index (χ0v) is 8.78. The lowest BCUT2D eigenvalue weighted by atomic mass is 9.95. The number of aryl methyl sites for hydroxylation is 1. The third kappa shape index (κ3) is 1.52. The molecule has 0 saturated heterocycles. The van der Waals surface area contributed by atoms with Gasteiger partial charge in [-0.3, -0.25) is 5.10 Å². The van der Waals surface area contributed by atoms with Crippen LogP contribution in [-0.4, -0.2) is 34.5 Å². The minimum atomic E-state index is -0.921. The molecule has 5 nitrogen and oxygen atoms in total. The first-order valence-electron chi connectivity index (χ1n) is 4.88. The topological polar surface area (TPSA) is 75.2 Å². The van der Waals surface area contributed by atoms with E-state index >= 15 is 0 Å². The van der Waals surface area contributed by atoms with Gasteiger partial charge in [0.2, 0.25) is 0 Å². The van der Waals surface area contributed by atoms with Crippen LogP contribution < -0.4 is 0 Å². The standard InChI is InChI=1S/C10H14N2O3/c1-6-5-7(12-11-6)10(3-4-10)8(15-2)9(13)14/h5,8H,3-4H2,1-2H3,(H,11,12)(H,13,14). The SMILES string of the molecule is COC(C(=O)O)C1(c2cc(C)[nH]n2)CC1. The Bertz CT molecular complexity index is 382. The third-order valence-electron chi connectivity index (χ3n) is 2.97. The van der Waals surface area contributed by atoms with Crippen LogP contribution in [0.5, 0.6) is 0 Å². The Balaban J connectivity index is 2.30. The number of aromatic nitrogens is 2. The maximum atomic E-state index is 11.0. The van der Waals surface area contributed by atoms with E-state index in [2.05, 4.69) is 10.2 Å². The molecule has 1 saturated carbocycles. The molecule has 0 aliphatic heterocycles. The smallest absolute Gasteiger partial charge is 0.333 e. The highest BCUT2D eigenvalue weighted by atomic mass is 16.5. The number of methoxy groups -OCH3 is 1. The second kappa shape index (κ2) is 3.34. The molecule has 5 heteroatoms. The lowest BCUT2D eigenvalue weighted by Gasteiger charge is -2.19. The van der Waals surface area contributed by atoms with Gasteiger partial charge >= 0.3 is 5.97 Å². The number of nitrogens with zero attached hydrogens (tertiary/aromatic N) is 1. The second-order valence-corrected chi connectivity index (χ2v) is 4.05. The van der Waals surface area contributed by atoms with Crippen LogP contribution in [0.2, 0.25) is 0 Å². The van der Waals surface area contributed by atoms with Crippen molar-refractivity contribution in [3.63, 3.8) is 0 Å². The molecule has 1 aromatic rings. The van der Waals surface area contributed by atoms with E-state index in [9.17, 15) is 4.79 Å². The Morgan fingerprint density at radius 3 is 2.73 bits per heavy atom. The van der Waals surface area contributed by atoms with Gasteiger partial charge in [0.25, 0.3) is 0 Å². The normalized spacial score (nSPS) is 19.9. The molecule has 0 amide bonds. The van der Waals surface area contributed by atoms with Crippen LogP contribution in [0.4, 0.5) is 0 Å². The van der Waals surface area contributed by atoms with E-state index < -0.39 is 17.5 Å². The van der Waals surface area contributed by atoms with E-state index in [-0.39, 0.29) is 0 Å². The maximum Gasteiger partial charge on any atom is 0.333 e. The predicted molar refractivity (Wildman–Crippen MR) is 52.7 cm³/mol. The fraction of sp³-hybridized carbons (Fsp3) is 0.600. The molecule has 0 spiro atoms. The highest BCUT2D eigenvalue weighted by Gasteiger charge is 2.56. The first-order chi connectivity index (χ1) is 7.10. The number of aliphatic carboxylic acids is 1. The molecule has 1 unspecified atom stereocenters. The summed E-state index contributed by atoms with van der Waals surface area (Å²) in [6.45, 7) is 1.90. The van der Waals surface area contributed by atoms with Crippen molar-refractivity contribution in [3.8, 4) is 0 Å². The van der Waals surface area contributed by atoms with Crippen molar-refractivity contribution in [2.24, 2.45) is 0 Å². The lowest BCUT2D eigenvalue weighted by Crippen LogP contribution is -2.36. The van der Waals surface area contributed by atoms with Crippen LogP contribution in [0.25, 0.3) is 0 Å². The summed E-state index contributed by atoms with van der Waals surface area (Å²) in [5.74, 6) is -0.921. The fourth-order valence-corrected chi connectivity index (χ4v) is 2.02. The number of H-pyrrole nitrogens is 1. The Labute approximate surface area is 87.4 Å². The quantitative estimate of drug-likeness (QED) is 0.772. The average molecular weight is 210 g/mol. The molecule has 1 aliphatic carbocycles. The molecular formula is C10H14N2O3. The van der Waals surface area contributed by atoms with Crippen molar-refractivity contribution in [1.29, 1.82) is 0 Å². The van der Waals surface area contributed by atoms with Gasteiger partial charge in [-0.2, -0.15) is 5.10 Å². The molecule has 2 rings (SSSR count). The van der Waals surface area contributed by atoms with Gasteiger partial charge < -0.3 is 9.84 Å². The minimum Gasteiger partial charge on any atom is -0.479 e. The first-order valence-corrected chi connectivity index (χ1v) is 4.88. The van der Waals surface area contributed by atoms with E-state index in [1.54, 1.807) is 0 Å². The number of aromatic amines is 1. The molecule has 1 atom stereocenters. The van der Waals surface area contributed by atoms with E-state index in [4.69, 9.17) is 9.84 Å². The number of carbonyl (C=O) groups is 1. The predicted octanol–water partition coefficient (Wildman–Crippen LogP) is 0.849. The number of hydrogen-bond donors (Lipinski definition) is 2. The van der Waals surface area contributed by atoms with Gasteiger partial charge in [-0.1, -0.05) is 0 Å². The Hall–Kier alpha value is -1.36. The van der Waals surface area contributed by atoms with Gasteiger partial charge in [-0.05, 0) is 25.8 Å². The van der Waals surface area contributed by atoms with Gasteiger partial charge in [0.05, 0.1) is 11.1 Å². The summed E-state index contributed by atoms with van der Waals surface area (Å²) in [4.78, 5) is 11.0. The molecule has 0 bridgehead atoms. The molecule has 1 fully saturated rings. The molecule has 0 radical (unpaired) electrons. The monoisotopic (exact) mass is 210 g/mol. The van der Waals surface area contributed by atoms with Crippen molar-refractivity contribution in [1.82, 2.24) is 10.2 Å². The van der Waals surface area contributed by atoms with Crippen LogP contribution >= 0.6 is 0 Å². The Morgan fingerprint density at radius 1 is 1.73 bits per heavy atom. The first kappa shape index (κ1) is 10.2. The van der Waals surface area contributed by atoms with Crippen molar-refractivity contribution < 1.29 is 14.6 Å². The zero-order valence-electron chi connectivity index (χ0n) is 8.78. The van der Waals surface area contributed by atoms with Gasteiger partial charge in [0.1, 0.15) is 0 Å². The van der Waals surface area contributed by atoms with E-state index in [0.29, 0.717) is 0 Å². The number of rotatable bonds is 4. The van der Waals surface area contributed by atoms with Crippen LogP contribution in [0.3, 0.4) is 0 Å². The van der Waals surface area contributed by atoms with E-state index in [1.165, 1.54) is 7.11 Å². The molecular weight excluding hydrogens is 196 g/mol. The van der Waals surface area contributed by atoms with Crippen LogP contribution in [0.15, 0.2) is 6.07 Å². The summed E-state index contributed by atoms with van der Waals surface area (Å²) in [5, 5.41) is 16.0. The van der Waals surface area contributed by atoms with E-state index in [0.717, 1.165) is 24.2 Å². The summed E-state index contributed by atoms with van der Waals surface area (Å²) in [7, 11) is 1.43. The van der Waals surface area contributed by atoms with Crippen molar-refractivity contribution in [2.75, 3.05) is 7.11 Å². The molecule has 1 heterocycles. The molecule has 2 N–H and O–H groups in total. The van der Waals surface area contributed by atoms with Gasteiger partial charge in [-0.25, -0.2) is 4.79 Å². The number of nitrogens with one attached hydrogen (secondary N) is 1. The number of ether oxygens (including phenoxy) is 1. The lowest BCUT2D eigenvalue weighted by molar-refractivity contribution is -0.150. The number of carboxylic acids is 1. The Kier molecular flexibility index (Phi) is 2.26. The summed E-state index contributed by atoms with van der Waals surface area (Å²) < 4.78 is 5.05. The van der Waals surface area contributed by atoms with Crippen LogP contribution in [-0.2, 0) is 14.9 Å². The van der Waals surface area contributed by atoms with Crippen molar-refractivity contribution in [2.45, 2.75) is 31.3 Å². The molecule has 0 aromatic carbocycles. The highest BCUT2D eigenvalue weighted by Crippen LogP contribution is 2.51. The summed E-state index contributed by atoms with van der Waals surface area (Å²) >= 11 is 0. The minimum absolute atomic E-state index is 0.411. The molecule has 1 aromatic heterocycles. The number of hydrogen-bond acceptors (Lipinski definition) is 3. The second-order valence-electron chi connectivity index (χ2n) is 4.05. The largest absolute Gasteiger partial charge is 0.479 e. The maximum absolute atomic E-state index is 11.0. The number of carboxylic acid groups (broad SMARTS) is 1. The fourth-order valence-electron chi connectivity index (χ4n) is 2.02. The molecule has 15 heavy (non-hydrogen) atoms. The summed E-state index contributed by atoms with van der Waals surface area (Å²) in [5.41, 5.74) is 1.33. The summed E-state index contributed by atoms with van der Waals surface area (Å²) in [6.07, 6.45) is 0.852. The van der Waals surface area contributed by atoms with E-state index in [1.807, 2.05) is 13.0 Å². The molecule has 1 aliphatic rings. The van der Waals surface area contributed by atoms with Gasteiger partial charge in [-0.15, -0.1) is 0 Å². The van der Waals surface area contributed by atoms with Crippen LogP contribution in [0.1, 0.15) is 24.2 Å². The third-order valence-corrected chi connectivity index (χ3v) is 2.97. The van der Waals surface area contributed by atoms with Crippen molar-refractivity contribution >= 4 is 5.97 Å². The van der Waals surface area contributed by atoms with Crippen LogP contribution in [0, 0.1) is 6.92 Å². The van der Waals surface area contributed by atoms with Gasteiger partial charge in [0.15, 0.2) is 6.10 Å².